The second-order valence-electron chi connectivity index (χ2n) is 4.76. The molecule has 102 valence electrons. The molecular weight excluding hydrogens is 242 g/mol. The van der Waals surface area contributed by atoms with Gasteiger partial charge in [0.05, 0.1) is 13.7 Å². The van der Waals surface area contributed by atoms with Gasteiger partial charge in [-0.25, -0.2) is 0 Å². The number of benzene rings is 1. The number of nitrogens with one attached hydrogen (secondary N) is 1. The molecule has 0 saturated carbocycles. The summed E-state index contributed by atoms with van der Waals surface area (Å²) in [5.74, 6) is 2.48. The van der Waals surface area contributed by atoms with Crippen LogP contribution in [0.15, 0.2) is 28.7 Å². The molecule has 2 aromatic rings. The average molecular weight is 261 g/mol. The van der Waals surface area contributed by atoms with Crippen molar-refractivity contribution in [2.24, 2.45) is 5.92 Å². The first-order chi connectivity index (χ1) is 9.19. The maximum absolute atomic E-state index is 5.61. The zero-order valence-corrected chi connectivity index (χ0v) is 11.5. The number of rotatable bonds is 6. The normalized spacial score (nSPS) is 10.9. The summed E-state index contributed by atoms with van der Waals surface area (Å²) in [6.45, 7) is 5.83. The Labute approximate surface area is 113 Å². The van der Waals surface area contributed by atoms with Crippen LogP contribution in [-0.2, 0) is 6.54 Å². The third-order valence-corrected chi connectivity index (χ3v) is 2.61. The SMILES string of the molecule is COc1cccc(-c2nnc(CNCC(C)C)o2)c1. The van der Waals surface area contributed by atoms with Gasteiger partial charge in [0.15, 0.2) is 0 Å². The Balaban J connectivity index is 2.03. The summed E-state index contributed by atoms with van der Waals surface area (Å²) < 4.78 is 10.8. The van der Waals surface area contributed by atoms with Gasteiger partial charge in [-0.15, -0.1) is 10.2 Å². The molecule has 0 saturated heterocycles. The average Bonchev–Trinajstić information content (AvgIpc) is 2.87. The molecule has 0 atom stereocenters. The lowest BCUT2D eigenvalue weighted by Crippen LogP contribution is -2.19. The van der Waals surface area contributed by atoms with Gasteiger partial charge in [-0.2, -0.15) is 0 Å². The molecule has 0 fully saturated rings. The number of nitrogens with zero attached hydrogens (tertiary/aromatic N) is 2. The van der Waals surface area contributed by atoms with Gasteiger partial charge in [0.1, 0.15) is 5.75 Å². The molecule has 1 aromatic carbocycles. The van der Waals surface area contributed by atoms with E-state index in [9.17, 15) is 0 Å². The predicted octanol–water partition coefficient (Wildman–Crippen LogP) is 2.49. The number of methoxy groups -OCH3 is 1. The van der Waals surface area contributed by atoms with E-state index >= 15 is 0 Å². The summed E-state index contributed by atoms with van der Waals surface area (Å²) in [5.41, 5.74) is 0.863. The van der Waals surface area contributed by atoms with Gasteiger partial charge < -0.3 is 14.5 Å². The monoisotopic (exact) mass is 261 g/mol. The molecule has 1 N–H and O–H groups in total. The molecule has 5 nitrogen and oxygen atoms in total. The molecule has 0 amide bonds. The molecule has 1 aromatic heterocycles. The third kappa shape index (κ3) is 3.79. The fourth-order valence-electron chi connectivity index (χ4n) is 1.67. The van der Waals surface area contributed by atoms with Gasteiger partial charge >= 0.3 is 0 Å². The number of ether oxygens (including phenoxy) is 1. The van der Waals surface area contributed by atoms with Crippen molar-refractivity contribution in [2.45, 2.75) is 20.4 Å². The fraction of sp³-hybridized carbons (Fsp3) is 0.429. The summed E-state index contributed by atoms with van der Waals surface area (Å²) in [7, 11) is 1.63. The van der Waals surface area contributed by atoms with E-state index < -0.39 is 0 Å². The topological polar surface area (TPSA) is 60.2 Å². The van der Waals surface area contributed by atoms with Crippen LogP contribution in [0.25, 0.3) is 11.5 Å². The highest BCUT2D eigenvalue weighted by Gasteiger charge is 2.09. The standard InChI is InChI=1S/C14H19N3O2/c1-10(2)8-15-9-13-16-17-14(19-13)11-5-4-6-12(7-11)18-3/h4-7,10,15H,8-9H2,1-3H3. The maximum atomic E-state index is 5.61. The van der Waals surface area contributed by atoms with Crippen molar-refractivity contribution in [3.8, 4) is 17.2 Å². The van der Waals surface area contributed by atoms with E-state index in [4.69, 9.17) is 9.15 Å². The van der Waals surface area contributed by atoms with E-state index in [1.807, 2.05) is 24.3 Å². The molecule has 0 aliphatic heterocycles. The van der Waals surface area contributed by atoms with Crippen LogP contribution in [0.5, 0.6) is 5.75 Å². The highest BCUT2D eigenvalue weighted by molar-refractivity contribution is 5.55. The minimum Gasteiger partial charge on any atom is -0.497 e. The minimum absolute atomic E-state index is 0.514. The lowest BCUT2D eigenvalue weighted by atomic mass is 10.2. The number of hydrogen-bond acceptors (Lipinski definition) is 5. The van der Waals surface area contributed by atoms with Crippen LogP contribution in [0.2, 0.25) is 0 Å². The molecular formula is C14H19N3O2. The fourth-order valence-corrected chi connectivity index (χ4v) is 1.67. The van der Waals surface area contributed by atoms with Crippen molar-refractivity contribution >= 4 is 0 Å². The molecule has 0 spiro atoms. The van der Waals surface area contributed by atoms with Gasteiger partial charge in [-0.05, 0) is 30.7 Å². The van der Waals surface area contributed by atoms with E-state index in [-0.39, 0.29) is 0 Å². The number of aromatic nitrogens is 2. The van der Waals surface area contributed by atoms with E-state index in [1.54, 1.807) is 7.11 Å². The molecule has 0 radical (unpaired) electrons. The van der Waals surface area contributed by atoms with Crippen LogP contribution in [0.4, 0.5) is 0 Å². The van der Waals surface area contributed by atoms with E-state index in [0.29, 0.717) is 24.2 Å². The van der Waals surface area contributed by atoms with Crippen LogP contribution < -0.4 is 10.1 Å². The third-order valence-electron chi connectivity index (χ3n) is 2.61. The van der Waals surface area contributed by atoms with Gasteiger partial charge in [0.25, 0.3) is 0 Å². The highest BCUT2D eigenvalue weighted by atomic mass is 16.5. The Hall–Kier alpha value is -1.88. The zero-order valence-electron chi connectivity index (χ0n) is 11.5. The molecule has 2 rings (SSSR count). The molecule has 0 aliphatic rings. The molecule has 0 aliphatic carbocycles. The first kappa shape index (κ1) is 13.5. The molecule has 0 unspecified atom stereocenters. The lowest BCUT2D eigenvalue weighted by Gasteiger charge is -2.03. The molecule has 0 bridgehead atoms. The quantitative estimate of drug-likeness (QED) is 0.865. The van der Waals surface area contributed by atoms with Gasteiger partial charge in [-0.3, -0.25) is 0 Å². The van der Waals surface area contributed by atoms with E-state index in [2.05, 4.69) is 29.4 Å². The Morgan fingerprint density at radius 3 is 2.89 bits per heavy atom. The van der Waals surface area contributed by atoms with E-state index in [1.165, 1.54) is 0 Å². The van der Waals surface area contributed by atoms with Gasteiger partial charge in [0.2, 0.25) is 11.8 Å². The van der Waals surface area contributed by atoms with Crippen LogP contribution in [-0.4, -0.2) is 23.9 Å². The van der Waals surface area contributed by atoms with Crippen LogP contribution >= 0.6 is 0 Å². The zero-order chi connectivity index (χ0) is 13.7. The second kappa shape index (κ2) is 6.33. The first-order valence-electron chi connectivity index (χ1n) is 6.36. The first-order valence-corrected chi connectivity index (χ1v) is 6.36. The maximum Gasteiger partial charge on any atom is 0.247 e. The molecule has 5 heteroatoms. The van der Waals surface area contributed by atoms with Crippen LogP contribution in [0.1, 0.15) is 19.7 Å². The predicted molar refractivity (Wildman–Crippen MR) is 72.8 cm³/mol. The lowest BCUT2D eigenvalue weighted by molar-refractivity contribution is 0.414. The molecule has 19 heavy (non-hydrogen) atoms. The second-order valence-corrected chi connectivity index (χ2v) is 4.76. The summed E-state index contributed by atoms with van der Waals surface area (Å²) >= 11 is 0. The molecule has 1 heterocycles. The minimum atomic E-state index is 0.514. The summed E-state index contributed by atoms with van der Waals surface area (Å²) in [4.78, 5) is 0. The smallest absolute Gasteiger partial charge is 0.247 e. The summed E-state index contributed by atoms with van der Waals surface area (Å²) in [5, 5.41) is 11.3. The Morgan fingerprint density at radius 1 is 1.32 bits per heavy atom. The largest absolute Gasteiger partial charge is 0.497 e. The van der Waals surface area contributed by atoms with Crippen molar-refractivity contribution < 1.29 is 9.15 Å². The van der Waals surface area contributed by atoms with Gasteiger partial charge in [-0.1, -0.05) is 19.9 Å². The van der Waals surface area contributed by atoms with Crippen molar-refractivity contribution in [3.63, 3.8) is 0 Å². The highest BCUT2D eigenvalue weighted by Crippen LogP contribution is 2.22. The van der Waals surface area contributed by atoms with Crippen molar-refractivity contribution in [3.05, 3.63) is 30.2 Å². The van der Waals surface area contributed by atoms with Crippen LogP contribution in [0.3, 0.4) is 0 Å². The van der Waals surface area contributed by atoms with E-state index in [0.717, 1.165) is 17.9 Å². The number of hydrogen-bond donors (Lipinski definition) is 1. The Morgan fingerprint density at radius 2 is 2.16 bits per heavy atom. The van der Waals surface area contributed by atoms with Crippen molar-refractivity contribution in [1.82, 2.24) is 15.5 Å². The van der Waals surface area contributed by atoms with Gasteiger partial charge in [0, 0.05) is 5.56 Å². The van der Waals surface area contributed by atoms with Crippen molar-refractivity contribution in [1.29, 1.82) is 0 Å². The Bertz CT molecular complexity index is 523. The van der Waals surface area contributed by atoms with Crippen molar-refractivity contribution in [2.75, 3.05) is 13.7 Å². The van der Waals surface area contributed by atoms with Crippen LogP contribution in [0, 0.1) is 5.92 Å². The Kier molecular flexibility index (Phi) is 4.52. The summed E-state index contributed by atoms with van der Waals surface area (Å²) in [6.07, 6.45) is 0. The summed E-state index contributed by atoms with van der Waals surface area (Å²) in [6, 6.07) is 7.57.